The second-order valence-corrected chi connectivity index (χ2v) is 9.43. The van der Waals surface area contributed by atoms with E-state index in [-0.39, 0.29) is 22.0 Å². The van der Waals surface area contributed by atoms with Crippen LogP contribution in [0.5, 0.6) is 0 Å². The summed E-state index contributed by atoms with van der Waals surface area (Å²) < 4.78 is 33.8. The number of para-hydroxylation sites is 1. The molecule has 2 aromatic carbocycles. The zero-order valence-corrected chi connectivity index (χ0v) is 19.9. The van der Waals surface area contributed by atoms with E-state index in [1.165, 1.54) is 31.7 Å². The molecule has 4 aromatic rings. The Kier molecular flexibility index (Phi) is 6.47. The Balaban J connectivity index is 1.51. The Hall–Kier alpha value is -4.32. The van der Waals surface area contributed by atoms with Gasteiger partial charge in [-0.05, 0) is 50.1 Å². The molecule has 0 saturated carbocycles. The fourth-order valence-electron chi connectivity index (χ4n) is 3.30. The number of amides is 1. The minimum Gasteiger partial charge on any atom is -0.449 e. The number of esters is 1. The van der Waals surface area contributed by atoms with Gasteiger partial charge >= 0.3 is 5.97 Å². The molecule has 0 radical (unpaired) electrons. The van der Waals surface area contributed by atoms with Gasteiger partial charge in [0.05, 0.1) is 22.5 Å². The summed E-state index contributed by atoms with van der Waals surface area (Å²) in [5.74, 6) is -1.33. The van der Waals surface area contributed by atoms with E-state index in [1.807, 2.05) is 6.07 Å². The molecule has 0 aliphatic carbocycles. The van der Waals surface area contributed by atoms with E-state index in [4.69, 9.17) is 4.74 Å². The van der Waals surface area contributed by atoms with Crippen molar-refractivity contribution in [3.8, 4) is 0 Å². The molecular formula is C23H22N6O5S. The molecule has 0 spiro atoms. The van der Waals surface area contributed by atoms with Crippen molar-refractivity contribution in [2.75, 3.05) is 10.0 Å². The monoisotopic (exact) mass is 494 g/mol. The van der Waals surface area contributed by atoms with Crippen LogP contribution >= 0.6 is 0 Å². The molecule has 2 heterocycles. The molecule has 11 nitrogen and oxygen atoms in total. The van der Waals surface area contributed by atoms with Gasteiger partial charge in [0.25, 0.3) is 15.9 Å². The number of H-pyrrole nitrogens is 1. The van der Waals surface area contributed by atoms with Crippen molar-refractivity contribution in [1.82, 2.24) is 19.9 Å². The highest BCUT2D eigenvalue weighted by Crippen LogP contribution is 2.24. The number of anilines is 2. The minimum atomic E-state index is -3.98. The van der Waals surface area contributed by atoms with Gasteiger partial charge in [0.15, 0.2) is 17.6 Å². The van der Waals surface area contributed by atoms with Gasteiger partial charge in [0.2, 0.25) is 0 Å². The normalized spacial score (nSPS) is 12.2. The number of benzene rings is 2. The average molecular weight is 495 g/mol. The van der Waals surface area contributed by atoms with Gasteiger partial charge in [-0.3, -0.25) is 9.52 Å². The molecule has 0 aliphatic heterocycles. The number of imidazole rings is 1. The molecule has 35 heavy (non-hydrogen) atoms. The van der Waals surface area contributed by atoms with E-state index >= 15 is 0 Å². The van der Waals surface area contributed by atoms with Crippen LogP contribution in [0.3, 0.4) is 0 Å². The number of aryl methyl sites for hydroxylation is 2. The molecule has 0 fully saturated rings. The lowest BCUT2D eigenvalue weighted by Gasteiger charge is -2.16. The zero-order chi connectivity index (χ0) is 25.2. The van der Waals surface area contributed by atoms with Crippen LogP contribution in [0, 0.1) is 13.8 Å². The van der Waals surface area contributed by atoms with Crippen molar-refractivity contribution >= 4 is 44.6 Å². The average Bonchev–Trinajstić information content (AvgIpc) is 3.30. The number of ether oxygens (including phenoxy) is 1. The molecule has 1 atom stereocenters. The number of aromatic nitrogens is 4. The van der Waals surface area contributed by atoms with Gasteiger partial charge in [-0.1, -0.05) is 24.3 Å². The highest BCUT2D eigenvalue weighted by molar-refractivity contribution is 7.92. The third-order valence-electron chi connectivity index (χ3n) is 5.14. The van der Waals surface area contributed by atoms with Crippen molar-refractivity contribution in [2.24, 2.45) is 0 Å². The van der Waals surface area contributed by atoms with Crippen LogP contribution in [0.4, 0.5) is 11.5 Å². The van der Waals surface area contributed by atoms with Crippen molar-refractivity contribution in [1.29, 1.82) is 0 Å². The largest absolute Gasteiger partial charge is 0.449 e. The molecule has 3 N–H and O–H groups in total. The van der Waals surface area contributed by atoms with Gasteiger partial charge in [-0.15, -0.1) is 0 Å². The fraction of sp³-hybridized carbons (Fsp3) is 0.174. The summed E-state index contributed by atoms with van der Waals surface area (Å²) in [6.45, 7) is 4.86. The Bertz CT molecular complexity index is 1530. The van der Waals surface area contributed by atoms with Crippen molar-refractivity contribution in [3.63, 3.8) is 0 Å². The summed E-state index contributed by atoms with van der Waals surface area (Å²) >= 11 is 0. The lowest BCUT2D eigenvalue weighted by Crippen LogP contribution is -2.30. The predicted molar refractivity (Wildman–Crippen MR) is 128 cm³/mol. The predicted octanol–water partition coefficient (Wildman–Crippen LogP) is 2.95. The first-order valence-corrected chi connectivity index (χ1v) is 12.0. The first-order chi connectivity index (χ1) is 16.7. The molecule has 0 aliphatic rings. The fourth-order valence-corrected chi connectivity index (χ4v) is 4.71. The molecule has 1 unspecified atom stereocenters. The van der Waals surface area contributed by atoms with Crippen LogP contribution in [0.15, 0.2) is 60.0 Å². The molecule has 0 saturated heterocycles. The standard InChI is InChI=1S/C23H22N6O5S/c1-13-8-9-14(2)18(10-13)35(32,33)29-17-7-5-4-6-16(17)23(31)34-15(3)22(30)28-21-19-20(25-11-24-19)26-12-27-21/h4-12,15,29H,1-3H3,(H2,24,25,26,27,28,30). The number of aromatic amines is 1. The summed E-state index contributed by atoms with van der Waals surface area (Å²) in [5.41, 5.74) is 2.11. The van der Waals surface area contributed by atoms with Crippen molar-refractivity contribution < 1.29 is 22.7 Å². The SMILES string of the molecule is Cc1ccc(C)c(S(=O)(=O)Nc2ccccc2C(=O)OC(C)C(=O)Nc2ncnc3nc[nH]c23)c1. The number of carbonyl (C=O) groups excluding carboxylic acids is 2. The second kappa shape index (κ2) is 9.50. The number of nitrogens with one attached hydrogen (secondary N) is 3. The van der Waals surface area contributed by atoms with Gasteiger partial charge < -0.3 is 15.0 Å². The zero-order valence-electron chi connectivity index (χ0n) is 19.1. The number of rotatable bonds is 7. The first kappa shape index (κ1) is 23.8. The van der Waals surface area contributed by atoms with E-state index in [1.54, 1.807) is 38.1 Å². The third kappa shape index (κ3) is 5.11. The molecule has 1 amide bonds. The van der Waals surface area contributed by atoms with Crippen LogP contribution in [0.1, 0.15) is 28.4 Å². The summed E-state index contributed by atoms with van der Waals surface area (Å²) in [4.78, 5) is 40.4. The molecule has 2 aromatic heterocycles. The van der Waals surface area contributed by atoms with Crippen LogP contribution in [-0.2, 0) is 19.6 Å². The molecule has 180 valence electrons. The topological polar surface area (TPSA) is 156 Å². The Labute approximate surface area is 201 Å². The molecular weight excluding hydrogens is 472 g/mol. The first-order valence-electron chi connectivity index (χ1n) is 10.5. The van der Waals surface area contributed by atoms with E-state index in [0.29, 0.717) is 16.7 Å². The van der Waals surface area contributed by atoms with Crippen LogP contribution < -0.4 is 10.0 Å². The summed E-state index contributed by atoms with van der Waals surface area (Å²) in [5, 5.41) is 2.56. The van der Waals surface area contributed by atoms with E-state index in [9.17, 15) is 18.0 Å². The Morgan fingerprint density at radius 2 is 1.83 bits per heavy atom. The smallest absolute Gasteiger partial charge is 0.341 e. The highest BCUT2D eigenvalue weighted by atomic mass is 32.2. The lowest BCUT2D eigenvalue weighted by atomic mass is 10.2. The van der Waals surface area contributed by atoms with E-state index in [0.717, 1.165) is 5.56 Å². The Morgan fingerprint density at radius 1 is 1.06 bits per heavy atom. The molecule has 0 bridgehead atoms. The number of hydrogen-bond acceptors (Lipinski definition) is 8. The van der Waals surface area contributed by atoms with Gasteiger partial charge in [0, 0.05) is 0 Å². The van der Waals surface area contributed by atoms with Gasteiger partial charge in [0.1, 0.15) is 11.8 Å². The Morgan fingerprint density at radius 3 is 2.63 bits per heavy atom. The number of fused-ring (bicyclic) bond motifs is 1. The maximum atomic E-state index is 13.0. The number of sulfonamides is 1. The molecule has 12 heteroatoms. The summed E-state index contributed by atoms with van der Waals surface area (Å²) in [6.07, 6.45) is 1.45. The quantitative estimate of drug-likeness (QED) is 0.331. The third-order valence-corrected chi connectivity index (χ3v) is 6.65. The van der Waals surface area contributed by atoms with E-state index < -0.39 is 28.0 Å². The lowest BCUT2D eigenvalue weighted by molar-refractivity contribution is -0.123. The van der Waals surface area contributed by atoms with Crippen LogP contribution in [0.2, 0.25) is 0 Å². The molecule has 4 rings (SSSR count). The number of hydrogen-bond donors (Lipinski definition) is 3. The number of nitrogens with zero attached hydrogens (tertiary/aromatic N) is 3. The van der Waals surface area contributed by atoms with Crippen LogP contribution in [0.25, 0.3) is 11.2 Å². The maximum Gasteiger partial charge on any atom is 0.341 e. The van der Waals surface area contributed by atoms with Crippen LogP contribution in [-0.4, -0.2) is 46.3 Å². The highest BCUT2D eigenvalue weighted by Gasteiger charge is 2.24. The van der Waals surface area contributed by atoms with Crippen molar-refractivity contribution in [2.45, 2.75) is 31.8 Å². The van der Waals surface area contributed by atoms with Crippen molar-refractivity contribution in [3.05, 3.63) is 71.8 Å². The summed E-state index contributed by atoms with van der Waals surface area (Å²) in [7, 11) is -3.98. The van der Waals surface area contributed by atoms with E-state index in [2.05, 4.69) is 30.0 Å². The van der Waals surface area contributed by atoms with Gasteiger partial charge in [-0.2, -0.15) is 0 Å². The number of carbonyl (C=O) groups is 2. The van der Waals surface area contributed by atoms with Gasteiger partial charge in [-0.25, -0.2) is 28.2 Å². The second-order valence-electron chi connectivity index (χ2n) is 7.78. The maximum absolute atomic E-state index is 13.0. The minimum absolute atomic E-state index is 0.0287. The summed E-state index contributed by atoms with van der Waals surface area (Å²) in [6, 6.07) is 11.1.